The van der Waals surface area contributed by atoms with Crippen molar-refractivity contribution >= 4 is 15.6 Å². The fourth-order valence-electron chi connectivity index (χ4n) is 0.557. The predicted molar refractivity (Wildman–Crippen MR) is 33.4 cm³/mol. The van der Waals surface area contributed by atoms with Gasteiger partial charge in [-0.15, -0.1) is 0 Å². The second-order valence-electron chi connectivity index (χ2n) is 2.27. The Labute approximate surface area is 71.4 Å². The number of rotatable bonds is 1. The highest BCUT2D eigenvalue weighted by atomic mass is 28.2. The van der Waals surface area contributed by atoms with Gasteiger partial charge in [0.1, 0.15) is 0 Å². The molecule has 0 aliphatic carbocycles. The Morgan fingerprint density at radius 1 is 1.15 bits per heavy atom. The van der Waals surface area contributed by atoms with Crippen LogP contribution in [0.2, 0.25) is 0 Å². The number of carbonyl (C=O) groups is 1. The normalized spacial score (nSPS) is 13.8. The van der Waals surface area contributed by atoms with E-state index in [1.807, 2.05) is 0 Å². The summed E-state index contributed by atoms with van der Waals surface area (Å²) in [6.07, 6.45) is -5.23. The minimum atomic E-state index is -5.23. The summed E-state index contributed by atoms with van der Waals surface area (Å²) in [7, 11) is -2.69. The van der Waals surface area contributed by atoms with Crippen LogP contribution < -0.4 is 0 Å². The fraction of sp³-hybridized carbons (Fsp3) is 0.750. The van der Waals surface area contributed by atoms with E-state index in [-0.39, 0.29) is 4.57 Å². The average Bonchev–Trinajstić information content (AvgIpc) is 1.79. The average molecular weight is 225 g/mol. The van der Waals surface area contributed by atoms with Gasteiger partial charge in [0.25, 0.3) is 9.68 Å². The third-order valence-electron chi connectivity index (χ3n) is 1.01. The summed E-state index contributed by atoms with van der Waals surface area (Å²) in [5.74, 6) is -7.13. The molecule has 0 aromatic carbocycles. The zero-order valence-corrected chi connectivity index (χ0v) is 7.74. The summed E-state index contributed by atoms with van der Waals surface area (Å²) in [5, 5.41) is 0. The molecule has 0 aromatic rings. The van der Waals surface area contributed by atoms with Crippen molar-refractivity contribution in [3.05, 3.63) is 0 Å². The van der Waals surface area contributed by atoms with Crippen molar-refractivity contribution in [1.82, 2.24) is 4.57 Å². The van der Waals surface area contributed by atoms with Gasteiger partial charge in [-0.3, -0.25) is 4.79 Å². The number of carbonyl (C=O) groups excluding carboxylic acids is 1. The van der Waals surface area contributed by atoms with Crippen LogP contribution in [0, 0.1) is 0 Å². The summed E-state index contributed by atoms with van der Waals surface area (Å²) >= 11 is 0. The first-order valence-electron chi connectivity index (χ1n) is 2.93. The number of halogens is 6. The number of alkyl halides is 6. The first-order valence-corrected chi connectivity index (χ1v) is 4.27. The van der Waals surface area contributed by atoms with E-state index in [0.717, 1.165) is 0 Å². The lowest BCUT2D eigenvalue weighted by molar-refractivity contribution is -0.180. The molecule has 0 spiro atoms. The summed E-state index contributed by atoms with van der Waals surface area (Å²) in [6.45, 7) is 0. The van der Waals surface area contributed by atoms with Crippen LogP contribution in [0.4, 0.5) is 26.3 Å². The van der Waals surface area contributed by atoms with Crippen molar-refractivity contribution in [2.45, 2.75) is 12.0 Å². The van der Waals surface area contributed by atoms with Gasteiger partial charge in [-0.05, 0) is 0 Å². The van der Waals surface area contributed by atoms with Crippen LogP contribution in [0.25, 0.3) is 0 Å². The molecular weight excluding hydrogens is 220 g/mol. The molecule has 0 saturated carbocycles. The Balaban J connectivity index is 4.30. The molecule has 1 amide bonds. The zero-order chi connectivity index (χ0) is 10.9. The van der Waals surface area contributed by atoms with E-state index < -0.39 is 27.6 Å². The SMILES string of the molecule is CN([SiH2]C(F)(F)F)C(=O)C(F)(F)F. The van der Waals surface area contributed by atoms with Gasteiger partial charge in [-0.1, -0.05) is 0 Å². The summed E-state index contributed by atoms with van der Waals surface area (Å²) in [4.78, 5) is 10.2. The highest BCUT2D eigenvalue weighted by molar-refractivity contribution is 6.39. The van der Waals surface area contributed by atoms with Gasteiger partial charge in [0.05, 0.1) is 0 Å². The maximum atomic E-state index is 11.6. The second kappa shape index (κ2) is 3.56. The molecule has 0 heterocycles. The molecule has 0 saturated heterocycles. The number of hydrogen-bond acceptors (Lipinski definition) is 1. The largest absolute Gasteiger partial charge is 0.470 e. The van der Waals surface area contributed by atoms with Gasteiger partial charge in [0.2, 0.25) is 0 Å². The zero-order valence-electron chi connectivity index (χ0n) is 6.33. The maximum Gasteiger partial charge on any atom is 0.470 e. The third kappa shape index (κ3) is 4.75. The van der Waals surface area contributed by atoms with Crippen LogP contribution in [0.15, 0.2) is 0 Å². The highest BCUT2D eigenvalue weighted by Crippen LogP contribution is 2.20. The highest BCUT2D eigenvalue weighted by Gasteiger charge is 2.44. The van der Waals surface area contributed by atoms with Gasteiger partial charge in [0, 0.05) is 7.05 Å². The molecule has 0 atom stereocenters. The topological polar surface area (TPSA) is 20.3 Å². The Hall–Kier alpha value is -0.733. The summed E-state index contributed by atoms with van der Waals surface area (Å²) in [6, 6.07) is 0. The van der Waals surface area contributed by atoms with Gasteiger partial charge in [-0.2, -0.15) is 26.3 Å². The van der Waals surface area contributed by atoms with E-state index in [9.17, 15) is 31.1 Å². The number of nitrogens with zero attached hydrogens (tertiary/aromatic N) is 1. The predicted octanol–water partition coefficient (Wildman–Crippen LogP) is 0.611. The lowest BCUT2D eigenvalue weighted by Gasteiger charge is -2.19. The van der Waals surface area contributed by atoms with E-state index >= 15 is 0 Å². The lowest BCUT2D eigenvalue weighted by atomic mass is 10.6. The summed E-state index contributed by atoms with van der Waals surface area (Å²) < 4.78 is 69.0. The van der Waals surface area contributed by atoms with Crippen LogP contribution >= 0.6 is 0 Å². The number of amides is 1. The van der Waals surface area contributed by atoms with Crippen LogP contribution in [-0.4, -0.2) is 39.2 Å². The third-order valence-corrected chi connectivity index (χ3v) is 2.13. The van der Waals surface area contributed by atoms with Crippen LogP contribution in [0.1, 0.15) is 0 Å². The first kappa shape index (κ1) is 12.3. The van der Waals surface area contributed by atoms with E-state index in [4.69, 9.17) is 0 Å². The molecule has 0 aliphatic rings. The van der Waals surface area contributed by atoms with E-state index in [0.29, 0.717) is 7.05 Å². The first-order chi connectivity index (χ1) is 5.54. The standard InChI is InChI=1S/C4H5F6NOSi/c1-11(13-4(8,9)10)2(12)3(5,6)7/h13H2,1H3. The Kier molecular flexibility index (Phi) is 3.36. The number of hydrogen-bond donors (Lipinski definition) is 0. The van der Waals surface area contributed by atoms with Crippen molar-refractivity contribution in [3.63, 3.8) is 0 Å². The monoisotopic (exact) mass is 225 g/mol. The van der Waals surface area contributed by atoms with E-state index in [1.54, 1.807) is 0 Å². The molecule has 0 radical (unpaired) electrons. The lowest BCUT2D eigenvalue weighted by Crippen LogP contribution is -2.45. The molecule has 13 heavy (non-hydrogen) atoms. The Morgan fingerprint density at radius 2 is 1.54 bits per heavy atom. The molecular formula is C4H5F6NOSi. The van der Waals surface area contributed by atoms with Crippen LogP contribution in [-0.2, 0) is 4.79 Å². The molecule has 0 aromatic heterocycles. The van der Waals surface area contributed by atoms with Crippen LogP contribution in [0.3, 0.4) is 0 Å². The van der Waals surface area contributed by atoms with Crippen molar-refractivity contribution in [1.29, 1.82) is 0 Å². The van der Waals surface area contributed by atoms with Crippen molar-refractivity contribution < 1.29 is 31.1 Å². The van der Waals surface area contributed by atoms with Crippen molar-refractivity contribution in [3.8, 4) is 0 Å². The molecule has 78 valence electrons. The van der Waals surface area contributed by atoms with E-state index in [2.05, 4.69) is 0 Å². The van der Waals surface area contributed by atoms with Gasteiger partial charge >= 0.3 is 17.9 Å². The maximum absolute atomic E-state index is 11.6. The minimum Gasteiger partial charge on any atom is -0.360 e. The minimum absolute atomic E-state index is 0.292. The second-order valence-corrected chi connectivity index (χ2v) is 4.34. The van der Waals surface area contributed by atoms with Gasteiger partial charge in [-0.25, -0.2) is 0 Å². The molecule has 0 rings (SSSR count). The van der Waals surface area contributed by atoms with Crippen molar-refractivity contribution in [2.75, 3.05) is 7.05 Å². The molecule has 0 bridgehead atoms. The molecule has 2 nitrogen and oxygen atoms in total. The van der Waals surface area contributed by atoms with Gasteiger partial charge < -0.3 is 4.57 Å². The Morgan fingerprint density at radius 3 is 1.77 bits per heavy atom. The van der Waals surface area contributed by atoms with Crippen LogP contribution in [0.5, 0.6) is 0 Å². The summed E-state index contributed by atoms with van der Waals surface area (Å²) in [5.41, 5.74) is 0. The van der Waals surface area contributed by atoms with Crippen molar-refractivity contribution in [2.24, 2.45) is 0 Å². The smallest absolute Gasteiger partial charge is 0.360 e. The molecule has 9 heteroatoms. The van der Waals surface area contributed by atoms with E-state index in [1.165, 1.54) is 0 Å². The molecule has 0 aliphatic heterocycles. The van der Waals surface area contributed by atoms with Gasteiger partial charge in [0.15, 0.2) is 0 Å². The quantitative estimate of drug-likeness (QED) is 0.473. The molecule has 0 unspecified atom stereocenters. The Bertz CT molecular complexity index is 198. The molecule has 0 fully saturated rings. The fourth-order valence-corrected chi connectivity index (χ4v) is 1.42. The molecule has 0 N–H and O–H groups in total.